The number of halogens is 2. The van der Waals surface area contributed by atoms with E-state index in [0.717, 1.165) is 11.1 Å². The normalized spacial score (nSPS) is 10.1. The molecule has 3 N–H and O–H groups in total. The van der Waals surface area contributed by atoms with Gasteiger partial charge in [0, 0.05) is 17.1 Å². The fourth-order valence-electron chi connectivity index (χ4n) is 1.56. The van der Waals surface area contributed by atoms with Crippen LogP contribution in [0.4, 0.5) is 4.39 Å². The van der Waals surface area contributed by atoms with Crippen LogP contribution in [0.1, 0.15) is 5.56 Å². The molecule has 0 unspecified atom stereocenters. The first-order chi connectivity index (χ1) is 6.33. The van der Waals surface area contributed by atoms with Crippen molar-refractivity contribution in [2.75, 3.05) is 6.54 Å². The molecular weight excluding hydrogens is 203 g/mol. The number of aromatic amines is 1. The molecule has 2 rings (SSSR count). The Morgan fingerprint density at radius 1 is 1.36 bits per heavy atom. The number of nitrogens with two attached hydrogens (primary N) is 1. The lowest BCUT2D eigenvalue weighted by Gasteiger charge is -1.96. The summed E-state index contributed by atoms with van der Waals surface area (Å²) in [4.78, 5) is 3.02. The standard InChI is InChI=1S/C10H11FN2.ClH/c11-8-2-1-3-9-10(8)7(4-5-12)6-13-9;/h1-3,6,13H,4-5,12H2;1H. The van der Waals surface area contributed by atoms with E-state index in [2.05, 4.69) is 4.98 Å². The van der Waals surface area contributed by atoms with Crippen LogP contribution in [-0.4, -0.2) is 11.5 Å². The fraction of sp³-hybridized carbons (Fsp3) is 0.200. The van der Waals surface area contributed by atoms with Gasteiger partial charge in [0.25, 0.3) is 0 Å². The molecule has 0 saturated heterocycles. The number of hydrogen-bond donors (Lipinski definition) is 2. The molecule has 76 valence electrons. The second-order valence-electron chi connectivity index (χ2n) is 3.01. The lowest BCUT2D eigenvalue weighted by molar-refractivity contribution is 0.639. The first-order valence-corrected chi connectivity index (χ1v) is 4.27. The summed E-state index contributed by atoms with van der Waals surface area (Å²) in [5, 5.41) is 0.674. The summed E-state index contributed by atoms with van der Waals surface area (Å²) in [6, 6.07) is 5.02. The average molecular weight is 215 g/mol. The van der Waals surface area contributed by atoms with E-state index < -0.39 is 0 Å². The third-order valence-electron chi connectivity index (χ3n) is 2.15. The van der Waals surface area contributed by atoms with Gasteiger partial charge in [0.05, 0.1) is 0 Å². The zero-order valence-corrected chi connectivity index (χ0v) is 8.40. The van der Waals surface area contributed by atoms with E-state index in [9.17, 15) is 4.39 Å². The van der Waals surface area contributed by atoms with Gasteiger partial charge < -0.3 is 10.7 Å². The van der Waals surface area contributed by atoms with Crippen LogP contribution in [0.3, 0.4) is 0 Å². The zero-order chi connectivity index (χ0) is 9.26. The maximum absolute atomic E-state index is 13.3. The number of aromatic nitrogens is 1. The van der Waals surface area contributed by atoms with Crippen molar-refractivity contribution < 1.29 is 4.39 Å². The van der Waals surface area contributed by atoms with Gasteiger partial charge in [-0.15, -0.1) is 12.4 Å². The molecule has 0 atom stereocenters. The van der Waals surface area contributed by atoms with Crippen LogP contribution in [0.25, 0.3) is 10.9 Å². The van der Waals surface area contributed by atoms with Crippen molar-refractivity contribution in [2.24, 2.45) is 5.73 Å². The highest BCUT2D eigenvalue weighted by molar-refractivity contribution is 5.85. The topological polar surface area (TPSA) is 41.8 Å². The van der Waals surface area contributed by atoms with Crippen molar-refractivity contribution in [2.45, 2.75) is 6.42 Å². The van der Waals surface area contributed by atoms with Gasteiger partial charge in [-0.25, -0.2) is 4.39 Å². The summed E-state index contributed by atoms with van der Waals surface area (Å²) < 4.78 is 13.3. The first-order valence-electron chi connectivity index (χ1n) is 4.27. The van der Waals surface area contributed by atoms with Crippen molar-refractivity contribution >= 4 is 23.3 Å². The molecule has 2 aromatic rings. The molecule has 0 spiro atoms. The largest absolute Gasteiger partial charge is 0.361 e. The number of fused-ring (bicyclic) bond motifs is 1. The highest BCUT2D eigenvalue weighted by Gasteiger charge is 2.06. The number of hydrogen-bond acceptors (Lipinski definition) is 1. The molecule has 2 nitrogen and oxygen atoms in total. The highest BCUT2D eigenvalue weighted by Crippen LogP contribution is 2.21. The number of nitrogens with one attached hydrogen (secondary N) is 1. The summed E-state index contributed by atoms with van der Waals surface area (Å²) in [5.41, 5.74) is 7.22. The van der Waals surface area contributed by atoms with E-state index in [-0.39, 0.29) is 18.2 Å². The summed E-state index contributed by atoms with van der Waals surface area (Å²) in [7, 11) is 0. The van der Waals surface area contributed by atoms with Crippen molar-refractivity contribution in [1.29, 1.82) is 0 Å². The second-order valence-corrected chi connectivity index (χ2v) is 3.01. The van der Waals surface area contributed by atoms with Crippen LogP contribution in [-0.2, 0) is 6.42 Å². The number of rotatable bonds is 2. The zero-order valence-electron chi connectivity index (χ0n) is 7.59. The van der Waals surface area contributed by atoms with Gasteiger partial charge in [0.2, 0.25) is 0 Å². The van der Waals surface area contributed by atoms with Crippen LogP contribution < -0.4 is 5.73 Å². The van der Waals surface area contributed by atoms with E-state index in [1.807, 2.05) is 12.3 Å². The van der Waals surface area contributed by atoms with Gasteiger partial charge in [-0.3, -0.25) is 0 Å². The maximum Gasteiger partial charge on any atom is 0.132 e. The molecule has 1 heterocycles. The van der Waals surface area contributed by atoms with Gasteiger partial charge in [0.1, 0.15) is 5.82 Å². The van der Waals surface area contributed by atoms with E-state index >= 15 is 0 Å². The van der Waals surface area contributed by atoms with E-state index in [0.29, 0.717) is 18.4 Å². The van der Waals surface area contributed by atoms with Gasteiger partial charge in [0.15, 0.2) is 0 Å². The van der Waals surface area contributed by atoms with Crippen LogP contribution >= 0.6 is 12.4 Å². The molecule has 14 heavy (non-hydrogen) atoms. The minimum Gasteiger partial charge on any atom is -0.361 e. The Bertz CT molecular complexity index is 425. The van der Waals surface area contributed by atoms with E-state index in [1.165, 1.54) is 6.07 Å². The maximum atomic E-state index is 13.3. The SMILES string of the molecule is Cl.NCCc1c[nH]c2cccc(F)c12. The smallest absolute Gasteiger partial charge is 0.132 e. The Hall–Kier alpha value is -1.06. The number of H-pyrrole nitrogens is 1. The third-order valence-corrected chi connectivity index (χ3v) is 2.15. The summed E-state index contributed by atoms with van der Waals surface area (Å²) in [5.74, 6) is -0.179. The quantitative estimate of drug-likeness (QED) is 0.791. The van der Waals surface area contributed by atoms with Crippen LogP contribution in [0.2, 0.25) is 0 Å². The predicted molar refractivity (Wildman–Crippen MR) is 58.3 cm³/mol. The molecule has 0 aliphatic carbocycles. The molecule has 0 aliphatic rings. The Kier molecular flexibility index (Phi) is 3.49. The van der Waals surface area contributed by atoms with Gasteiger partial charge in [-0.1, -0.05) is 6.07 Å². The van der Waals surface area contributed by atoms with Crippen LogP contribution in [0.5, 0.6) is 0 Å². The molecular formula is C10H12ClFN2. The molecule has 1 aromatic heterocycles. The molecule has 0 fully saturated rings. The minimum absolute atomic E-state index is 0. The van der Waals surface area contributed by atoms with Crippen molar-refractivity contribution in [3.05, 3.63) is 35.8 Å². The van der Waals surface area contributed by atoms with Crippen LogP contribution in [0.15, 0.2) is 24.4 Å². The average Bonchev–Trinajstić information content (AvgIpc) is 2.51. The molecule has 0 bridgehead atoms. The number of benzene rings is 1. The van der Waals surface area contributed by atoms with Crippen molar-refractivity contribution in [1.82, 2.24) is 4.98 Å². The van der Waals surface area contributed by atoms with Gasteiger partial charge in [-0.05, 0) is 30.7 Å². The fourth-order valence-corrected chi connectivity index (χ4v) is 1.56. The molecule has 4 heteroatoms. The molecule has 0 radical (unpaired) electrons. The molecule has 1 aromatic carbocycles. The van der Waals surface area contributed by atoms with Crippen LogP contribution in [0, 0.1) is 5.82 Å². The monoisotopic (exact) mass is 214 g/mol. The Labute approximate surface area is 87.7 Å². The van der Waals surface area contributed by atoms with Gasteiger partial charge in [-0.2, -0.15) is 0 Å². The first kappa shape index (κ1) is 11.0. The molecule has 0 amide bonds. The van der Waals surface area contributed by atoms with E-state index in [4.69, 9.17) is 5.73 Å². The molecule has 0 aliphatic heterocycles. The molecule has 0 saturated carbocycles. The van der Waals surface area contributed by atoms with E-state index in [1.54, 1.807) is 6.07 Å². The Morgan fingerprint density at radius 3 is 2.86 bits per heavy atom. The van der Waals surface area contributed by atoms with Gasteiger partial charge >= 0.3 is 0 Å². The summed E-state index contributed by atoms with van der Waals surface area (Å²) >= 11 is 0. The summed E-state index contributed by atoms with van der Waals surface area (Å²) in [6.07, 6.45) is 2.53. The Balaban J connectivity index is 0.000000980. The predicted octanol–water partition coefficient (Wildman–Crippen LogP) is 2.23. The van der Waals surface area contributed by atoms with Crippen molar-refractivity contribution in [3.63, 3.8) is 0 Å². The van der Waals surface area contributed by atoms with Crippen molar-refractivity contribution in [3.8, 4) is 0 Å². The highest BCUT2D eigenvalue weighted by atomic mass is 35.5. The second kappa shape index (κ2) is 4.44. The summed E-state index contributed by atoms with van der Waals surface area (Å²) in [6.45, 7) is 0.543. The minimum atomic E-state index is -0.179. The third kappa shape index (κ3) is 1.74. The lowest BCUT2D eigenvalue weighted by atomic mass is 10.1. The lowest BCUT2D eigenvalue weighted by Crippen LogP contribution is -2.02. The Morgan fingerprint density at radius 2 is 2.14 bits per heavy atom.